The predicted octanol–water partition coefficient (Wildman–Crippen LogP) is 1.60. The van der Waals surface area contributed by atoms with Gasteiger partial charge in [0.25, 0.3) is 0 Å². The number of aromatic nitrogens is 3. The van der Waals surface area contributed by atoms with Crippen molar-refractivity contribution in [2.24, 2.45) is 0 Å². The third-order valence-corrected chi connectivity index (χ3v) is 2.48. The topological polar surface area (TPSA) is 64.7 Å². The van der Waals surface area contributed by atoms with E-state index < -0.39 is 0 Å². The molecule has 0 bridgehead atoms. The van der Waals surface area contributed by atoms with Crippen LogP contribution in [-0.2, 0) is 0 Å². The maximum Gasteiger partial charge on any atom is 0.127 e. The summed E-state index contributed by atoms with van der Waals surface area (Å²) in [6, 6.07) is 5.58. The van der Waals surface area contributed by atoms with E-state index in [1.807, 2.05) is 12.1 Å². The fourth-order valence-corrected chi connectivity index (χ4v) is 1.72. The molecule has 0 spiro atoms. The van der Waals surface area contributed by atoms with Crippen molar-refractivity contribution >= 4 is 17.6 Å². The summed E-state index contributed by atoms with van der Waals surface area (Å²) in [6.07, 6.45) is 4.94. The standard InChI is InChI=1S/C9H8N4S/c10-8-5-9(13-6-12-8)14-7-1-3-11-4-2-7/h1-6H,(H2,10,12,13). The van der Waals surface area contributed by atoms with E-state index in [9.17, 15) is 0 Å². The molecule has 2 heterocycles. The van der Waals surface area contributed by atoms with Crippen molar-refractivity contribution in [2.45, 2.75) is 9.92 Å². The summed E-state index contributed by atoms with van der Waals surface area (Å²) in [5.41, 5.74) is 5.54. The molecule has 0 aliphatic heterocycles. The maximum absolute atomic E-state index is 5.54. The van der Waals surface area contributed by atoms with Gasteiger partial charge in [-0.15, -0.1) is 0 Å². The van der Waals surface area contributed by atoms with Crippen LogP contribution >= 0.6 is 11.8 Å². The lowest BCUT2D eigenvalue weighted by molar-refractivity contribution is 1.05. The van der Waals surface area contributed by atoms with Crippen molar-refractivity contribution in [3.05, 3.63) is 36.9 Å². The number of hydrogen-bond acceptors (Lipinski definition) is 5. The summed E-state index contributed by atoms with van der Waals surface area (Å²) < 4.78 is 0. The molecule has 2 rings (SSSR count). The van der Waals surface area contributed by atoms with Crippen LogP contribution in [0.4, 0.5) is 5.82 Å². The van der Waals surface area contributed by atoms with E-state index in [4.69, 9.17) is 5.73 Å². The predicted molar refractivity (Wildman–Crippen MR) is 54.8 cm³/mol. The van der Waals surface area contributed by atoms with Gasteiger partial charge in [0.2, 0.25) is 0 Å². The summed E-state index contributed by atoms with van der Waals surface area (Å²) in [5, 5.41) is 0.837. The Morgan fingerprint density at radius 1 is 1.14 bits per heavy atom. The fourth-order valence-electron chi connectivity index (χ4n) is 0.936. The fraction of sp³-hybridized carbons (Fsp3) is 0. The van der Waals surface area contributed by atoms with Gasteiger partial charge in [-0.1, -0.05) is 11.8 Å². The first-order valence-corrected chi connectivity index (χ1v) is 4.81. The van der Waals surface area contributed by atoms with Crippen LogP contribution < -0.4 is 5.73 Å². The summed E-state index contributed by atoms with van der Waals surface area (Å²) in [7, 11) is 0. The van der Waals surface area contributed by atoms with E-state index in [1.54, 1.807) is 18.5 Å². The molecule has 4 nitrogen and oxygen atoms in total. The first-order valence-electron chi connectivity index (χ1n) is 4.00. The van der Waals surface area contributed by atoms with Crippen molar-refractivity contribution in [1.29, 1.82) is 0 Å². The number of nitrogens with zero attached hydrogens (tertiary/aromatic N) is 3. The molecule has 0 saturated carbocycles. The van der Waals surface area contributed by atoms with Gasteiger partial charge in [-0.05, 0) is 12.1 Å². The molecule has 5 heteroatoms. The van der Waals surface area contributed by atoms with E-state index in [0.717, 1.165) is 9.92 Å². The van der Waals surface area contributed by atoms with Gasteiger partial charge in [0.05, 0.1) is 0 Å². The van der Waals surface area contributed by atoms with Gasteiger partial charge >= 0.3 is 0 Å². The van der Waals surface area contributed by atoms with Crippen LogP contribution in [0.3, 0.4) is 0 Å². The summed E-state index contributed by atoms with van der Waals surface area (Å²) in [5.74, 6) is 0.483. The molecule has 0 amide bonds. The zero-order valence-electron chi connectivity index (χ0n) is 7.29. The lowest BCUT2D eigenvalue weighted by atomic mass is 10.5. The summed E-state index contributed by atoms with van der Waals surface area (Å²) in [4.78, 5) is 12.9. The Kier molecular flexibility index (Phi) is 2.60. The van der Waals surface area contributed by atoms with Gasteiger partial charge in [-0.3, -0.25) is 4.98 Å². The minimum absolute atomic E-state index is 0.483. The van der Waals surface area contributed by atoms with Crippen LogP contribution in [0, 0.1) is 0 Å². The van der Waals surface area contributed by atoms with E-state index in [0.29, 0.717) is 5.82 Å². The third kappa shape index (κ3) is 2.20. The van der Waals surface area contributed by atoms with E-state index in [1.165, 1.54) is 18.1 Å². The minimum Gasteiger partial charge on any atom is -0.384 e. The van der Waals surface area contributed by atoms with E-state index in [2.05, 4.69) is 15.0 Å². The third-order valence-electron chi connectivity index (χ3n) is 1.54. The van der Waals surface area contributed by atoms with Crippen LogP contribution in [0.25, 0.3) is 0 Å². The molecular formula is C9H8N4S. The molecule has 0 aliphatic carbocycles. The lowest BCUT2D eigenvalue weighted by Gasteiger charge is -1.99. The van der Waals surface area contributed by atoms with Crippen molar-refractivity contribution in [3.8, 4) is 0 Å². The molecule has 0 aliphatic rings. The van der Waals surface area contributed by atoms with Crippen molar-refractivity contribution in [2.75, 3.05) is 5.73 Å². The average Bonchev–Trinajstić information content (AvgIpc) is 2.19. The van der Waals surface area contributed by atoms with Crippen LogP contribution in [0.1, 0.15) is 0 Å². The van der Waals surface area contributed by atoms with Crippen molar-refractivity contribution in [1.82, 2.24) is 15.0 Å². The van der Waals surface area contributed by atoms with Crippen LogP contribution in [-0.4, -0.2) is 15.0 Å². The largest absolute Gasteiger partial charge is 0.384 e. The summed E-state index contributed by atoms with van der Waals surface area (Å²) >= 11 is 1.53. The Morgan fingerprint density at radius 2 is 1.93 bits per heavy atom. The highest BCUT2D eigenvalue weighted by molar-refractivity contribution is 7.99. The molecule has 2 N–H and O–H groups in total. The molecule has 0 fully saturated rings. The molecule has 0 atom stereocenters. The van der Waals surface area contributed by atoms with E-state index >= 15 is 0 Å². The zero-order chi connectivity index (χ0) is 9.80. The van der Waals surface area contributed by atoms with Gasteiger partial charge in [0, 0.05) is 23.4 Å². The summed E-state index contributed by atoms with van der Waals surface area (Å²) in [6.45, 7) is 0. The SMILES string of the molecule is Nc1cc(Sc2ccncc2)ncn1. The molecule has 0 aromatic carbocycles. The molecule has 2 aromatic rings. The number of rotatable bonds is 2. The highest BCUT2D eigenvalue weighted by Crippen LogP contribution is 2.25. The molecule has 0 radical (unpaired) electrons. The second kappa shape index (κ2) is 4.06. The number of hydrogen-bond donors (Lipinski definition) is 1. The van der Waals surface area contributed by atoms with Gasteiger partial charge < -0.3 is 5.73 Å². The highest BCUT2D eigenvalue weighted by atomic mass is 32.2. The molecular weight excluding hydrogens is 196 g/mol. The first kappa shape index (κ1) is 8.96. The second-order valence-corrected chi connectivity index (χ2v) is 3.66. The Labute approximate surface area is 85.6 Å². The van der Waals surface area contributed by atoms with Crippen molar-refractivity contribution in [3.63, 3.8) is 0 Å². The van der Waals surface area contributed by atoms with Gasteiger partial charge in [-0.25, -0.2) is 9.97 Å². The van der Waals surface area contributed by atoms with Gasteiger partial charge in [0.15, 0.2) is 0 Å². The van der Waals surface area contributed by atoms with Crippen LogP contribution in [0.5, 0.6) is 0 Å². The Bertz CT molecular complexity index is 418. The molecule has 0 saturated heterocycles. The maximum atomic E-state index is 5.54. The van der Waals surface area contributed by atoms with Crippen LogP contribution in [0.2, 0.25) is 0 Å². The molecule has 0 unspecified atom stereocenters. The molecule has 70 valence electrons. The van der Waals surface area contributed by atoms with Gasteiger partial charge in [0.1, 0.15) is 17.2 Å². The van der Waals surface area contributed by atoms with Crippen LogP contribution in [0.15, 0.2) is 46.8 Å². The monoisotopic (exact) mass is 204 g/mol. The first-order chi connectivity index (χ1) is 6.84. The normalized spacial score (nSPS) is 10.0. The number of pyridine rings is 1. The Balaban J connectivity index is 2.19. The quantitative estimate of drug-likeness (QED) is 0.753. The zero-order valence-corrected chi connectivity index (χ0v) is 8.11. The van der Waals surface area contributed by atoms with E-state index in [-0.39, 0.29) is 0 Å². The smallest absolute Gasteiger partial charge is 0.127 e. The average molecular weight is 204 g/mol. The van der Waals surface area contributed by atoms with Crippen molar-refractivity contribution < 1.29 is 0 Å². The number of nitrogen functional groups attached to an aromatic ring is 1. The number of nitrogens with two attached hydrogens (primary N) is 1. The molecule has 14 heavy (non-hydrogen) atoms. The highest BCUT2D eigenvalue weighted by Gasteiger charge is 1.98. The minimum atomic E-state index is 0.483. The van der Waals surface area contributed by atoms with Gasteiger partial charge in [-0.2, -0.15) is 0 Å². The molecule has 2 aromatic heterocycles. The number of anilines is 1. The second-order valence-electron chi connectivity index (χ2n) is 2.57. The Morgan fingerprint density at radius 3 is 2.64 bits per heavy atom. The Hall–Kier alpha value is -1.62. The lowest BCUT2D eigenvalue weighted by Crippen LogP contribution is -1.91.